The van der Waals surface area contributed by atoms with Crippen LogP contribution in [0.1, 0.15) is 0 Å². The third-order valence-corrected chi connectivity index (χ3v) is 8.94. The van der Waals surface area contributed by atoms with E-state index >= 15 is 0 Å². The standard InChI is InChI=1S/C43H27N3/c1-4-14-34-28(9-1)12-7-16-36(34)30-19-22-42-39(24-30)38(25-43(46-42)37-17-8-13-29-10-2-5-15-35(29)37)32-20-21-41(44-26-32)33-23-31-11-3-6-18-40(31)45-27-33/h1-27H. The summed E-state index contributed by atoms with van der Waals surface area (Å²) in [6.45, 7) is 0. The number of aromatic nitrogens is 3. The van der Waals surface area contributed by atoms with Crippen molar-refractivity contribution in [3.05, 3.63) is 164 Å². The van der Waals surface area contributed by atoms with Gasteiger partial charge in [-0.1, -0.05) is 115 Å². The number of hydrogen-bond donors (Lipinski definition) is 0. The molecule has 3 heteroatoms. The second-order valence-electron chi connectivity index (χ2n) is 11.7. The van der Waals surface area contributed by atoms with Crippen LogP contribution >= 0.6 is 0 Å². The Balaban J connectivity index is 1.24. The third kappa shape index (κ3) is 4.49. The molecule has 0 aliphatic carbocycles. The van der Waals surface area contributed by atoms with Crippen LogP contribution in [-0.4, -0.2) is 15.0 Å². The number of pyridine rings is 3. The fraction of sp³-hybridized carbons (Fsp3) is 0. The molecule has 46 heavy (non-hydrogen) atoms. The van der Waals surface area contributed by atoms with Crippen molar-refractivity contribution in [1.29, 1.82) is 0 Å². The lowest BCUT2D eigenvalue weighted by molar-refractivity contribution is 1.30. The molecule has 0 aliphatic rings. The molecule has 0 saturated heterocycles. The maximum absolute atomic E-state index is 5.24. The lowest BCUT2D eigenvalue weighted by atomic mass is 9.93. The molecule has 0 fully saturated rings. The second-order valence-corrected chi connectivity index (χ2v) is 11.7. The van der Waals surface area contributed by atoms with E-state index in [1.807, 2.05) is 30.6 Å². The van der Waals surface area contributed by atoms with Crippen molar-refractivity contribution in [3.63, 3.8) is 0 Å². The first-order chi connectivity index (χ1) is 22.8. The molecule has 0 unspecified atom stereocenters. The minimum Gasteiger partial charge on any atom is -0.256 e. The minimum absolute atomic E-state index is 0.895. The molecule has 0 spiro atoms. The number of fused-ring (bicyclic) bond motifs is 4. The average Bonchev–Trinajstić information content (AvgIpc) is 3.13. The van der Waals surface area contributed by atoms with Crippen LogP contribution in [0.2, 0.25) is 0 Å². The molecule has 0 aliphatic heterocycles. The van der Waals surface area contributed by atoms with Gasteiger partial charge in [0.1, 0.15) is 0 Å². The molecule has 0 atom stereocenters. The van der Waals surface area contributed by atoms with Gasteiger partial charge in [-0.2, -0.15) is 0 Å². The largest absolute Gasteiger partial charge is 0.256 e. The van der Waals surface area contributed by atoms with Crippen molar-refractivity contribution in [2.45, 2.75) is 0 Å². The Morgan fingerprint density at radius 2 is 0.978 bits per heavy atom. The fourth-order valence-electron chi connectivity index (χ4n) is 6.63. The van der Waals surface area contributed by atoms with Crippen molar-refractivity contribution in [2.24, 2.45) is 0 Å². The summed E-state index contributed by atoms with van der Waals surface area (Å²) in [6, 6.07) is 53.5. The Bertz CT molecular complexity index is 2570. The number of rotatable bonds is 4. The maximum atomic E-state index is 5.24. The van der Waals surface area contributed by atoms with Gasteiger partial charge in [-0.25, -0.2) is 4.98 Å². The van der Waals surface area contributed by atoms with Crippen molar-refractivity contribution in [1.82, 2.24) is 15.0 Å². The van der Waals surface area contributed by atoms with Crippen LogP contribution < -0.4 is 0 Å². The first-order valence-corrected chi connectivity index (χ1v) is 15.5. The van der Waals surface area contributed by atoms with Crippen LogP contribution in [0.3, 0.4) is 0 Å². The summed E-state index contributed by atoms with van der Waals surface area (Å²) in [5.74, 6) is 0. The Hall–Kier alpha value is -6.19. The molecule has 3 heterocycles. The number of hydrogen-bond acceptors (Lipinski definition) is 3. The van der Waals surface area contributed by atoms with E-state index in [4.69, 9.17) is 9.97 Å². The molecule has 9 rings (SSSR count). The van der Waals surface area contributed by atoms with Crippen LogP contribution in [0.15, 0.2) is 164 Å². The lowest BCUT2D eigenvalue weighted by Crippen LogP contribution is -1.93. The van der Waals surface area contributed by atoms with E-state index in [2.05, 4.69) is 138 Å². The van der Waals surface area contributed by atoms with E-state index in [0.29, 0.717) is 0 Å². The van der Waals surface area contributed by atoms with Gasteiger partial charge in [0.25, 0.3) is 0 Å². The Morgan fingerprint density at radius 3 is 1.76 bits per heavy atom. The van der Waals surface area contributed by atoms with Crippen LogP contribution in [0, 0.1) is 0 Å². The predicted molar refractivity (Wildman–Crippen MR) is 192 cm³/mol. The SMILES string of the molecule is c1ccc2ncc(-c3ccc(-c4cc(-c5cccc6ccccc56)nc5ccc(-c6cccc7ccccc67)cc45)cn3)cc2c1. The van der Waals surface area contributed by atoms with Crippen molar-refractivity contribution in [3.8, 4) is 44.8 Å². The van der Waals surface area contributed by atoms with Gasteiger partial charge in [-0.05, 0) is 74.6 Å². The van der Waals surface area contributed by atoms with E-state index < -0.39 is 0 Å². The maximum Gasteiger partial charge on any atom is 0.0722 e. The van der Waals surface area contributed by atoms with Crippen molar-refractivity contribution >= 4 is 43.4 Å². The molecule has 214 valence electrons. The predicted octanol–water partition coefficient (Wildman–Crippen LogP) is 11.2. The van der Waals surface area contributed by atoms with Gasteiger partial charge < -0.3 is 0 Å². The van der Waals surface area contributed by atoms with Gasteiger partial charge in [-0.15, -0.1) is 0 Å². The first-order valence-electron chi connectivity index (χ1n) is 15.5. The van der Waals surface area contributed by atoms with Gasteiger partial charge >= 0.3 is 0 Å². The molecule has 0 saturated carbocycles. The zero-order valence-corrected chi connectivity index (χ0v) is 24.9. The monoisotopic (exact) mass is 585 g/mol. The highest BCUT2D eigenvalue weighted by Gasteiger charge is 2.15. The summed E-state index contributed by atoms with van der Waals surface area (Å²) in [5, 5.41) is 7.05. The fourth-order valence-corrected chi connectivity index (χ4v) is 6.63. The van der Waals surface area contributed by atoms with Crippen LogP contribution in [0.5, 0.6) is 0 Å². The van der Waals surface area contributed by atoms with Gasteiger partial charge in [0.2, 0.25) is 0 Å². The molecular weight excluding hydrogens is 558 g/mol. The highest BCUT2D eigenvalue weighted by molar-refractivity contribution is 6.04. The molecule has 0 radical (unpaired) electrons. The Labute approximate surface area is 266 Å². The summed E-state index contributed by atoms with van der Waals surface area (Å²) in [6.07, 6.45) is 3.89. The molecule has 6 aromatic carbocycles. The van der Waals surface area contributed by atoms with Crippen LogP contribution in [0.25, 0.3) is 88.1 Å². The van der Waals surface area contributed by atoms with E-state index in [0.717, 1.165) is 61.0 Å². The minimum atomic E-state index is 0.895. The van der Waals surface area contributed by atoms with E-state index in [-0.39, 0.29) is 0 Å². The topological polar surface area (TPSA) is 38.7 Å². The Kier molecular flexibility index (Phi) is 6.14. The average molecular weight is 586 g/mol. The summed E-state index contributed by atoms with van der Waals surface area (Å²) in [5.41, 5.74) is 10.4. The van der Waals surface area contributed by atoms with Crippen LogP contribution in [-0.2, 0) is 0 Å². The molecule has 9 aromatic rings. The second kappa shape index (κ2) is 10.8. The lowest BCUT2D eigenvalue weighted by Gasteiger charge is -2.14. The molecule has 3 aromatic heterocycles. The molecule has 0 bridgehead atoms. The Morgan fingerprint density at radius 1 is 0.326 bits per heavy atom. The zero-order chi connectivity index (χ0) is 30.5. The number of nitrogens with zero attached hydrogens (tertiary/aromatic N) is 3. The quantitative estimate of drug-likeness (QED) is 0.206. The first kappa shape index (κ1) is 26.2. The molecule has 0 amide bonds. The number of para-hydroxylation sites is 1. The summed E-state index contributed by atoms with van der Waals surface area (Å²) in [4.78, 5) is 14.9. The molecule has 0 N–H and O–H groups in total. The van der Waals surface area contributed by atoms with Crippen LogP contribution in [0.4, 0.5) is 0 Å². The van der Waals surface area contributed by atoms with E-state index in [1.165, 1.54) is 27.1 Å². The van der Waals surface area contributed by atoms with Gasteiger partial charge in [0.05, 0.1) is 22.4 Å². The highest BCUT2D eigenvalue weighted by Crippen LogP contribution is 2.38. The smallest absolute Gasteiger partial charge is 0.0722 e. The molecule has 3 nitrogen and oxygen atoms in total. The van der Waals surface area contributed by atoms with E-state index in [1.54, 1.807) is 0 Å². The van der Waals surface area contributed by atoms with Gasteiger partial charge in [-0.3, -0.25) is 9.97 Å². The van der Waals surface area contributed by atoms with Crippen molar-refractivity contribution in [2.75, 3.05) is 0 Å². The zero-order valence-electron chi connectivity index (χ0n) is 24.9. The van der Waals surface area contributed by atoms with E-state index in [9.17, 15) is 0 Å². The summed E-state index contributed by atoms with van der Waals surface area (Å²) >= 11 is 0. The third-order valence-electron chi connectivity index (χ3n) is 8.94. The summed E-state index contributed by atoms with van der Waals surface area (Å²) in [7, 11) is 0. The normalized spacial score (nSPS) is 11.5. The highest BCUT2D eigenvalue weighted by atomic mass is 14.7. The summed E-state index contributed by atoms with van der Waals surface area (Å²) < 4.78 is 0. The van der Waals surface area contributed by atoms with Gasteiger partial charge in [0, 0.05) is 39.9 Å². The number of benzene rings is 6. The van der Waals surface area contributed by atoms with Crippen molar-refractivity contribution < 1.29 is 0 Å². The molecular formula is C43H27N3. The van der Waals surface area contributed by atoms with Gasteiger partial charge in [0.15, 0.2) is 0 Å².